The van der Waals surface area contributed by atoms with E-state index in [1.807, 2.05) is 0 Å². The number of nitrogens with zero attached hydrogens (tertiary/aromatic N) is 1. The van der Waals surface area contributed by atoms with E-state index in [4.69, 9.17) is 10.8 Å². The van der Waals surface area contributed by atoms with Gasteiger partial charge in [0.05, 0.1) is 11.5 Å². The van der Waals surface area contributed by atoms with Crippen molar-refractivity contribution in [3.63, 3.8) is 0 Å². The van der Waals surface area contributed by atoms with E-state index in [9.17, 15) is 12.8 Å². The van der Waals surface area contributed by atoms with Gasteiger partial charge in [0.1, 0.15) is 5.82 Å². The van der Waals surface area contributed by atoms with Gasteiger partial charge in [-0.1, -0.05) is 0 Å². The number of benzene rings is 1. The van der Waals surface area contributed by atoms with Crippen molar-refractivity contribution in [2.45, 2.75) is 23.8 Å². The third-order valence-corrected chi connectivity index (χ3v) is 4.96. The van der Waals surface area contributed by atoms with Crippen LogP contribution in [0.2, 0.25) is 0 Å². The number of hydrogen-bond acceptors (Lipinski definition) is 4. The third-order valence-electron chi connectivity index (χ3n) is 3.03. The number of hydrogen-bond donors (Lipinski definition) is 2. The van der Waals surface area contributed by atoms with Crippen LogP contribution < -0.4 is 5.73 Å². The van der Waals surface area contributed by atoms with Crippen molar-refractivity contribution in [1.29, 1.82) is 0 Å². The molecular formula is C11H15FN2O3S. The Morgan fingerprint density at radius 1 is 1.44 bits per heavy atom. The molecule has 1 aliphatic heterocycles. The van der Waals surface area contributed by atoms with Crippen molar-refractivity contribution in [3.8, 4) is 0 Å². The van der Waals surface area contributed by atoms with Gasteiger partial charge in [0, 0.05) is 18.3 Å². The smallest absolute Gasteiger partial charge is 0.243 e. The van der Waals surface area contributed by atoms with Crippen LogP contribution in [0.25, 0.3) is 0 Å². The van der Waals surface area contributed by atoms with Crippen LogP contribution in [0, 0.1) is 5.82 Å². The molecule has 0 radical (unpaired) electrons. The zero-order valence-electron chi connectivity index (χ0n) is 9.71. The molecule has 1 aromatic rings. The van der Waals surface area contributed by atoms with Crippen molar-refractivity contribution in [2.24, 2.45) is 0 Å². The fourth-order valence-corrected chi connectivity index (χ4v) is 3.93. The zero-order chi connectivity index (χ0) is 13.3. The highest BCUT2D eigenvalue weighted by Crippen LogP contribution is 2.27. The lowest BCUT2D eigenvalue weighted by Crippen LogP contribution is -2.37. The van der Waals surface area contributed by atoms with Crippen molar-refractivity contribution in [1.82, 2.24) is 4.31 Å². The SMILES string of the molecule is Nc1cc(F)cc(S(=O)(=O)N2CCC[C@H]2CO)c1. The molecule has 1 heterocycles. The summed E-state index contributed by atoms with van der Waals surface area (Å²) in [4.78, 5) is -0.166. The highest BCUT2D eigenvalue weighted by atomic mass is 32.2. The number of sulfonamides is 1. The van der Waals surface area contributed by atoms with Gasteiger partial charge in [-0.2, -0.15) is 4.31 Å². The Bertz CT molecular complexity index is 527. The Morgan fingerprint density at radius 2 is 2.17 bits per heavy atom. The molecular weight excluding hydrogens is 259 g/mol. The lowest BCUT2D eigenvalue weighted by atomic mass is 10.2. The van der Waals surface area contributed by atoms with Crippen molar-refractivity contribution >= 4 is 15.7 Å². The minimum atomic E-state index is -3.79. The van der Waals surface area contributed by atoms with E-state index in [1.54, 1.807) is 0 Å². The first-order valence-corrected chi connectivity index (χ1v) is 7.08. The molecule has 3 N–H and O–H groups in total. The number of halogens is 1. The fraction of sp³-hybridized carbons (Fsp3) is 0.455. The van der Waals surface area contributed by atoms with Crippen LogP contribution in [0.5, 0.6) is 0 Å². The summed E-state index contributed by atoms with van der Waals surface area (Å²) in [6, 6.07) is 2.80. The molecule has 0 aliphatic carbocycles. The second-order valence-corrected chi connectivity index (χ2v) is 6.21. The third kappa shape index (κ3) is 2.33. The molecule has 0 spiro atoms. The van der Waals surface area contributed by atoms with E-state index >= 15 is 0 Å². The topological polar surface area (TPSA) is 83.6 Å². The van der Waals surface area contributed by atoms with Crippen molar-refractivity contribution < 1.29 is 17.9 Å². The summed E-state index contributed by atoms with van der Waals surface area (Å²) in [5.74, 6) is -0.687. The van der Waals surface area contributed by atoms with Gasteiger partial charge < -0.3 is 10.8 Å². The van der Waals surface area contributed by atoms with Gasteiger partial charge in [0.25, 0.3) is 0 Å². The van der Waals surface area contributed by atoms with Crippen LogP contribution in [0.4, 0.5) is 10.1 Å². The lowest BCUT2D eigenvalue weighted by Gasteiger charge is -2.22. The number of nitrogen functional groups attached to an aromatic ring is 1. The van der Waals surface area contributed by atoms with Crippen LogP contribution >= 0.6 is 0 Å². The number of anilines is 1. The molecule has 0 aromatic heterocycles. The van der Waals surface area contributed by atoms with Crippen molar-refractivity contribution in [3.05, 3.63) is 24.0 Å². The Balaban J connectivity index is 2.41. The second kappa shape index (κ2) is 4.83. The highest BCUT2D eigenvalue weighted by Gasteiger charge is 2.35. The molecule has 0 saturated carbocycles. The molecule has 1 fully saturated rings. The summed E-state index contributed by atoms with van der Waals surface area (Å²) in [6.45, 7) is 0.105. The molecule has 1 saturated heterocycles. The minimum Gasteiger partial charge on any atom is -0.399 e. The van der Waals surface area contributed by atoms with Crippen LogP contribution in [0.15, 0.2) is 23.1 Å². The summed E-state index contributed by atoms with van der Waals surface area (Å²) in [7, 11) is -3.79. The molecule has 0 amide bonds. The normalized spacial score (nSPS) is 21.3. The number of aliphatic hydroxyl groups excluding tert-OH is 1. The molecule has 18 heavy (non-hydrogen) atoms. The van der Waals surface area contributed by atoms with Crippen LogP contribution in [-0.2, 0) is 10.0 Å². The first-order chi connectivity index (χ1) is 8.45. The van der Waals surface area contributed by atoms with Gasteiger partial charge >= 0.3 is 0 Å². The maximum Gasteiger partial charge on any atom is 0.243 e. The van der Waals surface area contributed by atoms with Gasteiger partial charge in [-0.15, -0.1) is 0 Å². The van der Waals surface area contributed by atoms with E-state index in [2.05, 4.69) is 0 Å². The summed E-state index contributed by atoms with van der Waals surface area (Å²) in [6.07, 6.45) is 1.30. The molecule has 100 valence electrons. The van der Waals surface area contributed by atoms with Gasteiger partial charge in [-0.3, -0.25) is 0 Å². The molecule has 5 nitrogen and oxygen atoms in total. The van der Waals surface area contributed by atoms with Gasteiger partial charge in [-0.25, -0.2) is 12.8 Å². The first kappa shape index (κ1) is 13.3. The largest absolute Gasteiger partial charge is 0.399 e. The molecule has 1 aliphatic rings. The average Bonchev–Trinajstić information content (AvgIpc) is 2.76. The quantitative estimate of drug-likeness (QED) is 0.789. The van der Waals surface area contributed by atoms with E-state index < -0.39 is 21.9 Å². The lowest BCUT2D eigenvalue weighted by molar-refractivity contribution is 0.213. The zero-order valence-corrected chi connectivity index (χ0v) is 10.5. The summed E-state index contributed by atoms with van der Waals surface area (Å²) in [5, 5.41) is 9.15. The first-order valence-electron chi connectivity index (χ1n) is 5.64. The summed E-state index contributed by atoms with van der Waals surface area (Å²) >= 11 is 0. The second-order valence-electron chi connectivity index (χ2n) is 4.31. The molecule has 2 rings (SSSR count). The molecule has 1 atom stereocenters. The van der Waals surface area contributed by atoms with Gasteiger partial charge in [0.2, 0.25) is 10.0 Å². The highest BCUT2D eigenvalue weighted by molar-refractivity contribution is 7.89. The molecule has 7 heteroatoms. The van der Waals surface area contributed by atoms with E-state index in [0.717, 1.165) is 12.1 Å². The standard InChI is InChI=1S/C11H15FN2O3S/c12-8-4-9(13)6-11(5-8)18(16,17)14-3-1-2-10(14)7-15/h4-6,10,15H,1-3,7,13H2/t10-/m0/s1. The Morgan fingerprint density at radius 3 is 2.78 bits per heavy atom. The number of aliphatic hydroxyl groups is 1. The van der Waals surface area contributed by atoms with Gasteiger partial charge in [0.15, 0.2) is 0 Å². The number of nitrogens with two attached hydrogens (primary N) is 1. The predicted molar refractivity (Wildman–Crippen MR) is 64.8 cm³/mol. The molecule has 0 bridgehead atoms. The van der Waals surface area contributed by atoms with E-state index in [0.29, 0.717) is 19.4 Å². The van der Waals surface area contributed by atoms with Crippen LogP contribution in [0.1, 0.15) is 12.8 Å². The summed E-state index contributed by atoms with van der Waals surface area (Å²) in [5.41, 5.74) is 5.51. The Hall–Kier alpha value is -1.18. The fourth-order valence-electron chi connectivity index (χ4n) is 2.18. The minimum absolute atomic E-state index is 0.0633. The Kier molecular flexibility index (Phi) is 3.56. The maximum absolute atomic E-state index is 13.2. The monoisotopic (exact) mass is 274 g/mol. The average molecular weight is 274 g/mol. The van der Waals surface area contributed by atoms with Gasteiger partial charge in [-0.05, 0) is 31.0 Å². The molecule has 0 unspecified atom stereocenters. The predicted octanol–water partition coefficient (Wildman–Crippen LogP) is 0.553. The van der Waals surface area contributed by atoms with E-state index in [1.165, 1.54) is 10.4 Å². The maximum atomic E-state index is 13.2. The van der Waals surface area contributed by atoms with E-state index in [-0.39, 0.29) is 17.2 Å². The van der Waals surface area contributed by atoms with Crippen molar-refractivity contribution in [2.75, 3.05) is 18.9 Å². The number of rotatable bonds is 3. The van der Waals surface area contributed by atoms with Crippen LogP contribution in [-0.4, -0.2) is 37.0 Å². The van der Waals surface area contributed by atoms with Crippen LogP contribution in [0.3, 0.4) is 0 Å². The molecule has 1 aromatic carbocycles. The summed E-state index contributed by atoms with van der Waals surface area (Å²) < 4.78 is 39.0. The Labute approximate surface area is 105 Å².